The second kappa shape index (κ2) is 8.05. The van der Waals surface area contributed by atoms with Crippen molar-refractivity contribution in [2.45, 2.75) is 38.5 Å². The molecule has 8 nitrogen and oxygen atoms in total. The molecule has 0 spiro atoms. The van der Waals surface area contributed by atoms with Crippen LogP contribution in [-0.2, 0) is 14.8 Å². The van der Waals surface area contributed by atoms with Crippen molar-refractivity contribution in [1.82, 2.24) is 9.29 Å². The van der Waals surface area contributed by atoms with Gasteiger partial charge in [-0.15, -0.1) is 0 Å². The number of anilines is 1. The first-order chi connectivity index (χ1) is 12.4. The van der Waals surface area contributed by atoms with Gasteiger partial charge in [0.05, 0.1) is 11.3 Å². The Bertz CT molecular complexity index is 925. The molecule has 2 N–H and O–H groups in total. The summed E-state index contributed by atoms with van der Waals surface area (Å²) in [4.78, 5) is 25.7. The molecule has 142 valence electrons. The Hall–Kier alpha value is -2.13. The number of nitrogens with zero attached hydrogens (tertiary/aromatic N) is 1. The molecule has 2 aromatic rings. The first kappa shape index (κ1) is 18.7. The van der Waals surface area contributed by atoms with Crippen LogP contribution in [0, 0.1) is 0 Å². The Morgan fingerprint density at radius 2 is 1.96 bits per heavy atom. The van der Waals surface area contributed by atoms with Crippen molar-refractivity contribution in [2.24, 2.45) is 0 Å². The largest absolute Gasteiger partial charge is 0.417 e. The normalized spacial score (nSPS) is 16.0. The number of hydrogen-bond donors (Lipinski definition) is 2. The molecule has 9 heteroatoms. The van der Waals surface area contributed by atoms with Gasteiger partial charge in [-0.05, 0) is 37.8 Å². The number of carbonyl (C=O) groups is 1. The summed E-state index contributed by atoms with van der Waals surface area (Å²) in [6, 6.07) is 4.90. The van der Waals surface area contributed by atoms with Crippen LogP contribution in [0.3, 0.4) is 0 Å². The highest BCUT2D eigenvalue weighted by Crippen LogP contribution is 2.17. The molecule has 0 bridgehead atoms. The number of benzene rings is 1. The quantitative estimate of drug-likeness (QED) is 0.713. The predicted molar refractivity (Wildman–Crippen MR) is 98.5 cm³/mol. The van der Waals surface area contributed by atoms with Crippen LogP contribution in [0.4, 0.5) is 5.69 Å². The summed E-state index contributed by atoms with van der Waals surface area (Å²) in [5.74, 6) is -0.656. The fourth-order valence-corrected chi connectivity index (χ4v) is 4.73. The number of piperidine rings is 1. The smallest absolute Gasteiger partial charge is 0.408 e. The summed E-state index contributed by atoms with van der Waals surface area (Å²) < 4.78 is 31.0. The number of carbonyl (C=O) groups excluding carboxylic acids is 1. The average molecular weight is 381 g/mol. The monoisotopic (exact) mass is 381 g/mol. The van der Waals surface area contributed by atoms with Crippen molar-refractivity contribution in [3.05, 3.63) is 28.7 Å². The van der Waals surface area contributed by atoms with Gasteiger partial charge in [0.1, 0.15) is 0 Å². The van der Waals surface area contributed by atoms with Crippen molar-refractivity contribution in [3.8, 4) is 0 Å². The first-order valence-electron chi connectivity index (χ1n) is 8.85. The van der Waals surface area contributed by atoms with E-state index >= 15 is 0 Å². The zero-order valence-electron chi connectivity index (χ0n) is 14.5. The molecule has 1 fully saturated rings. The highest BCUT2D eigenvalue weighted by Gasteiger charge is 2.23. The molecule has 26 heavy (non-hydrogen) atoms. The van der Waals surface area contributed by atoms with Gasteiger partial charge < -0.3 is 9.73 Å². The van der Waals surface area contributed by atoms with Gasteiger partial charge in [0.2, 0.25) is 15.9 Å². The summed E-state index contributed by atoms with van der Waals surface area (Å²) >= 11 is 0. The topological polar surface area (TPSA) is 112 Å². The Labute approximate surface area is 151 Å². The zero-order chi connectivity index (χ0) is 18.6. The lowest BCUT2D eigenvalue weighted by molar-refractivity contribution is -0.116. The molecule has 1 aliphatic rings. The minimum Gasteiger partial charge on any atom is -0.408 e. The second-order valence-corrected chi connectivity index (χ2v) is 8.59. The third kappa shape index (κ3) is 4.73. The molecule has 1 aliphatic heterocycles. The summed E-state index contributed by atoms with van der Waals surface area (Å²) in [6.45, 7) is 1.22. The molecule has 0 atom stereocenters. The molecular formula is C17H23N3O5S. The van der Waals surface area contributed by atoms with E-state index in [9.17, 15) is 18.0 Å². The maximum Gasteiger partial charge on any atom is 0.417 e. The molecule has 1 aromatic carbocycles. The van der Waals surface area contributed by atoms with Crippen LogP contribution < -0.4 is 11.1 Å². The average Bonchev–Trinajstić information content (AvgIpc) is 2.99. The number of H-pyrrole nitrogens is 1. The fourth-order valence-electron chi connectivity index (χ4n) is 3.09. The first-order valence-corrected chi connectivity index (χ1v) is 10.5. The number of aromatic nitrogens is 1. The van der Waals surface area contributed by atoms with E-state index in [0.29, 0.717) is 42.7 Å². The van der Waals surface area contributed by atoms with Crippen LogP contribution in [0.1, 0.15) is 38.5 Å². The Kier molecular flexibility index (Phi) is 5.77. The molecule has 1 saturated heterocycles. The number of aromatic amines is 1. The van der Waals surface area contributed by atoms with E-state index in [4.69, 9.17) is 4.42 Å². The van der Waals surface area contributed by atoms with Crippen molar-refractivity contribution < 1.29 is 17.6 Å². The van der Waals surface area contributed by atoms with Gasteiger partial charge in [-0.3, -0.25) is 9.78 Å². The Morgan fingerprint density at radius 1 is 1.19 bits per heavy atom. The van der Waals surface area contributed by atoms with E-state index in [1.807, 2.05) is 0 Å². The van der Waals surface area contributed by atoms with Crippen LogP contribution in [0.5, 0.6) is 0 Å². The van der Waals surface area contributed by atoms with E-state index in [-0.39, 0.29) is 18.1 Å². The number of unbranched alkanes of at least 4 members (excludes halogenated alkanes) is 1. The Morgan fingerprint density at radius 3 is 2.73 bits per heavy atom. The molecule has 2 heterocycles. The lowest BCUT2D eigenvalue weighted by atomic mass is 10.2. The molecular weight excluding hydrogens is 358 g/mol. The standard InChI is InChI=1S/C17H23N3O5S/c21-16(18-13-7-8-14-15(12-13)25-17(22)19-14)6-2-5-11-26(23,24)20-9-3-1-4-10-20/h7-8,12H,1-6,9-11H2,(H,18,21)(H,19,22). The molecule has 0 unspecified atom stereocenters. The highest BCUT2D eigenvalue weighted by molar-refractivity contribution is 7.89. The van der Waals surface area contributed by atoms with Gasteiger partial charge in [0.15, 0.2) is 5.58 Å². The minimum absolute atomic E-state index is 0.0841. The van der Waals surface area contributed by atoms with Crippen LogP contribution >= 0.6 is 0 Å². The van der Waals surface area contributed by atoms with Gasteiger partial charge >= 0.3 is 5.76 Å². The van der Waals surface area contributed by atoms with Crippen molar-refractivity contribution in [1.29, 1.82) is 0 Å². The molecule has 0 saturated carbocycles. The van der Waals surface area contributed by atoms with E-state index in [1.165, 1.54) is 0 Å². The number of amides is 1. The van der Waals surface area contributed by atoms with Gasteiger partial charge in [0, 0.05) is 31.3 Å². The van der Waals surface area contributed by atoms with Crippen molar-refractivity contribution in [3.63, 3.8) is 0 Å². The zero-order valence-corrected chi connectivity index (χ0v) is 15.3. The summed E-state index contributed by atoms with van der Waals surface area (Å²) in [7, 11) is -3.21. The van der Waals surface area contributed by atoms with E-state index in [0.717, 1.165) is 19.3 Å². The number of fused-ring (bicyclic) bond motifs is 1. The van der Waals surface area contributed by atoms with Gasteiger partial charge in [-0.2, -0.15) is 0 Å². The van der Waals surface area contributed by atoms with Crippen LogP contribution in [-0.4, -0.2) is 42.5 Å². The maximum atomic E-state index is 12.2. The number of nitrogens with one attached hydrogen (secondary N) is 2. The number of sulfonamides is 1. The molecule has 1 aromatic heterocycles. The number of oxazole rings is 1. The van der Waals surface area contributed by atoms with E-state index < -0.39 is 15.8 Å². The van der Waals surface area contributed by atoms with Crippen LogP contribution in [0.25, 0.3) is 11.1 Å². The lowest BCUT2D eigenvalue weighted by Gasteiger charge is -2.25. The molecule has 0 aliphatic carbocycles. The van der Waals surface area contributed by atoms with Crippen LogP contribution in [0.2, 0.25) is 0 Å². The third-order valence-corrected chi connectivity index (χ3v) is 6.43. The molecule has 0 radical (unpaired) electrons. The fraction of sp³-hybridized carbons (Fsp3) is 0.529. The van der Waals surface area contributed by atoms with E-state index in [1.54, 1.807) is 22.5 Å². The van der Waals surface area contributed by atoms with E-state index in [2.05, 4.69) is 10.3 Å². The lowest BCUT2D eigenvalue weighted by Crippen LogP contribution is -2.37. The Balaban J connectivity index is 1.44. The van der Waals surface area contributed by atoms with Crippen molar-refractivity contribution in [2.75, 3.05) is 24.2 Å². The summed E-state index contributed by atoms with van der Waals surface area (Å²) in [5.41, 5.74) is 1.47. The minimum atomic E-state index is -3.21. The van der Waals surface area contributed by atoms with Crippen LogP contribution in [0.15, 0.2) is 27.4 Å². The number of rotatable bonds is 7. The second-order valence-electron chi connectivity index (χ2n) is 6.51. The van der Waals surface area contributed by atoms with Gasteiger partial charge in [0.25, 0.3) is 0 Å². The molecule has 1 amide bonds. The summed E-state index contributed by atoms with van der Waals surface area (Å²) in [6.07, 6.45) is 4.13. The van der Waals surface area contributed by atoms with Gasteiger partial charge in [-0.1, -0.05) is 6.42 Å². The summed E-state index contributed by atoms with van der Waals surface area (Å²) in [5, 5.41) is 2.73. The molecule has 3 rings (SSSR count). The highest BCUT2D eigenvalue weighted by atomic mass is 32.2. The predicted octanol–water partition coefficient (Wildman–Crippen LogP) is 2.05. The third-order valence-electron chi connectivity index (χ3n) is 4.47. The maximum absolute atomic E-state index is 12.2. The van der Waals surface area contributed by atoms with Crippen molar-refractivity contribution >= 4 is 32.7 Å². The van der Waals surface area contributed by atoms with Gasteiger partial charge in [-0.25, -0.2) is 17.5 Å². The SMILES string of the molecule is O=C(CCCCS(=O)(=O)N1CCCCC1)Nc1ccc2[nH]c(=O)oc2c1. The number of hydrogen-bond acceptors (Lipinski definition) is 5.